The van der Waals surface area contributed by atoms with Gasteiger partial charge in [-0.3, -0.25) is 9.69 Å². The number of ketones is 1. The number of Topliss-reactive ketones (excluding diaryl/α,β-unsaturated/α-hetero) is 1. The minimum absolute atomic E-state index is 0.186. The van der Waals surface area contributed by atoms with Crippen LogP contribution >= 0.6 is 0 Å². The van der Waals surface area contributed by atoms with Gasteiger partial charge in [0.05, 0.1) is 0 Å². The summed E-state index contributed by atoms with van der Waals surface area (Å²) in [5.41, 5.74) is -0.186. The molecule has 1 rings (SSSR count). The van der Waals surface area contributed by atoms with Gasteiger partial charge in [0.2, 0.25) is 0 Å². The fourth-order valence-electron chi connectivity index (χ4n) is 2.31. The molecule has 0 aromatic heterocycles. The van der Waals surface area contributed by atoms with Gasteiger partial charge in [-0.15, -0.1) is 0 Å². The Morgan fingerprint density at radius 3 is 2.47 bits per heavy atom. The number of likely N-dealkylation sites (tertiary alicyclic amines) is 1. The highest BCUT2D eigenvalue weighted by atomic mass is 16.1. The van der Waals surface area contributed by atoms with E-state index in [9.17, 15) is 4.79 Å². The molecular formula is C13H25NO. The molecule has 88 valence electrons. The number of hydrogen-bond acceptors (Lipinski definition) is 2. The summed E-state index contributed by atoms with van der Waals surface area (Å²) in [6.07, 6.45) is 2.55. The third-order valence-corrected chi connectivity index (χ3v) is 3.83. The fraction of sp³-hybridized carbons (Fsp3) is 0.923. The Morgan fingerprint density at radius 1 is 1.40 bits per heavy atom. The minimum Gasteiger partial charge on any atom is -0.300 e. The van der Waals surface area contributed by atoms with E-state index >= 15 is 0 Å². The molecule has 0 aromatic rings. The molecule has 15 heavy (non-hydrogen) atoms. The van der Waals surface area contributed by atoms with Crippen LogP contribution in [-0.4, -0.2) is 29.8 Å². The van der Waals surface area contributed by atoms with E-state index < -0.39 is 0 Å². The van der Waals surface area contributed by atoms with Gasteiger partial charge in [-0.1, -0.05) is 20.8 Å². The van der Waals surface area contributed by atoms with Crippen molar-refractivity contribution in [1.29, 1.82) is 0 Å². The Morgan fingerprint density at radius 2 is 2.00 bits per heavy atom. The number of carbonyl (C=O) groups is 1. The molecule has 0 aromatic carbocycles. The lowest BCUT2D eigenvalue weighted by Gasteiger charge is -2.40. The Hall–Kier alpha value is -0.370. The Balaban J connectivity index is 2.55. The van der Waals surface area contributed by atoms with Crippen LogP contribution in [0.1, 0.15) is 47.5 Å². The summed E-state index contributed by atoms with van der Waals surface area (Å²) in [5, 5.41) is 0. The molecule has 0 spiro atoms. The van der Waals surface area contributed by atoms with Gasteiger partial charge >= 0.3 is 0 Å². The summed E-state index contributed by atoms with van der Waals surface area (Å²) in [5.74, 6) is 1.14. The highest BCUT2D eigenvalue weighted by molar-refractivity contribution is 5.81. The fourth-order valence-corrected chi connectivity index (χ4v) is 2.31. The van der Waals surface area contributed by atoms with Gasteiger partial charge in [0.25, 0.3) is 0 Å². The average molecular weight is 211 g/mol. The van der Waals surface area contributed by atoms with Crippen molar-refractivity contribution in [2.24, 2.45) is 11.3 Å². The maximum absolute atomic E-state index is 11.5. The van der Waals surface area contributed by atoms with E-state index in [0.717, 1.165) is 19.0 Å². The van der Waals surface area contributed by atoms with Gasteiger partial charge in [-0.2, -0.15) is 0 Å². The van der Waals surface area contributed by atoms with Gasteiger partial charge in [-0.25, -0.2) is 0 Å². The first-order valence-electron chi connectivity index (χ1n) is 6.08. The molecule has 1 aliphatic rings. The quantitative estimate of drug-likeness (QED) is 0.715. The molecule has 0 bridgehead atoms. The van der Waals surface area contributed by atoms with Crippen molar-refractivity contribution in [2.75, 3.05) is 13.1 Å². The zero-order valence-electron chi connectivity index (χ0n) is 10.8. The van der Waals surface area contributed by atoms with Gasteiger partial charge in [-0.05, 0) is 39.2 Å². The standard InChI is InChI=1S/C13H25NO/c1-10-6-7-14(11(2)8-10)9-13(4,5)12(3)15/h10-11H,6-9H2,1-5H3. The molecule has 2 unspecified atom stereocenters. The summed E-state index contributed by atoms with van der Waals surface area (Å²) in [7, 11) is 0. The van der Waals surface area contributed by atoms with Crippen LogP contribution in [0, 0.1) is 11.3 Å². The summed E-state index contributed by atoms with van der Waals surface area (Å²) < 4.78 is 0. The highest BCUT2D eigenvalue weighted by Gasteiger charge is 2.31. The molecule has 2 heteroatoms. The monoisotopic (exact) mass is 211 g/mol. The predicted octanol–water partition coefficient (Wildman–Crippen LogP) is 2.72. The molecule has 0 amide bonds. The van der Waals surface area contributed by atoms with Crippen LogP contribution in [0.3, 0.4) is 0 Å². The van der Waals surface area contributed by atoms with Crippen LogP contribution in [0.4, 0.5) is 0 Å². The number of nitrogens with zero attached hydrogens (tertiary/aromatic N) is 1. The predicted molar refractivity (Wildman–Crippen MR) is 63.9 cm³/mol. The molecule has 0 N–H and O–H groups in total. The molecule has 2 atom stereocenters. The lowest BCUT2D eigenvalue weighted by molar-refractivity contribution is -0.126. The topological polar surface area (TPSA) is 20.3 Å². The molecule has 1 saturated heterocycles. The molecule has 1 fully saturated rings. The van der Waals surface area contributed by atoms with Crippen molar-refractivity contribution in [1.82, 2.24) is 4.90 Å². The second kappa shape index (κ2) is 4.65. The van der Waals surface area contributed by atoms with E-state index in [4.69, 9.17) is 0 Å². The second-order valence-corrected chi connectivity index (χ2v) is 5.89. The summed E-state index contributed by atoms with van der Waals surface area (Å²) in [6, 6.07) is 0.632. The third kappa shape index (κ3) is 3.30. The van der Waals surface area contributed by atoms with Crippen molar-refractivity contribution in [3.8, 4) is 0 Å². The molecular weight excluding hydrogens is 186 g/mol. The summed E-state index contributed by atoms with van der Waals surface area (Å²) in [4.78, 5) is 14.0. The first-order chi connectivity index (χ1) is 6.83. The van der Waals surface area contributed by atoms with Crippen molar-refractivity contribution in [3.05, 3.63) is 0 Å². The van der Waals surface area contributed by atoms with Crippen molar-refractivity contribution in [2.45, 2.75) is 53.5 Å². The van der Waals surface area contributed by atoms with E-state index in [0.29, 0.717) is 11.8 Å². The summed E-state index contributed by atoms with van der Waals surface area (Å²) >= 11 is 0. The van der Waals surface area contributed by atoms with Gasteiger partial charge in [0.15, 0.2) is 0 Å². The van der Waals surface area contributed by atoms with Gasteiger partial charge < -0.3 is 0 Å². The third-order valence-electron chi connectivity index (χ3n) is 3.83. The minimum atomic E-state index is -0.186. The number of hydrogen-bond donors (Lipinski definition) is 0. The van der Waals surface area contributed by atoms with Crippen molar-refractivity contribution < 1.29 is 4.79 Å². The maximum Gasteiger partial charge on any atom is 0.136 e. The van der Waals surface area contributed by atoms with E-state index in [2.05, 4.69) is 32.6 Å². The zero-order valence-corrected chi connectivity index (χ0v) is 10.8. The van der Waals surface area contributed by atoms with Gasteiger partial charge in [0, 0.05) is 18.0 Å². The highest BCUT2D eigenvalue weighted by Crippen LogP contribution is 2.26. The van der Waals surface area contributed by atoms with Crippen LogP contribution in [0.15, 0.2) is 0 Å². The molecule has 1 heterocycles. The smallest absolute Gasteiger partial charge is 0.136 e. The van der Waals surface area contributed by atoms with Crippen LogP contribution in [0.5, 0.6) is 0 Å². The second-order valence-electron chi connectivity index (χ2n) is 5.89. The average Bonchev–Trinajstić information content (AvgIpc) is 2.09. The van der Waals surface area contributed by atoms with E-state index in [1.54, 1.807) is 6.92 Å². The Bertz CT molecular complexity index is 235. The van der Waals surface area contributed by atoms with E-state index in [1.807, 2.05) is 0 Å². The molecule has 0 radical (unpaired) electrons. The molecule has 0 saturated carbocycles. The van der Waals surface area contributed by atoms with Crippen LogP contribution in [0.2, 0.25) is 0 Å². The van der Waals surface area contributed by atoms with E-state index in [1.165, 1.54) is 12.8 Å². The zero-order chi connectivity index (χ0) is 11.6. The van der Waals surface area contributed by atoms with Crippen LogP contribution < -0.4 is 0 Å². The largest absolute Gasteiger partial charge is 0.300 e. The number of rotatable bonds is 3. The number of carbonyl (C=O) groups excluding carboxylic acids is 1. The number of piperidine rings is 1. The summed E-state index contributed by atoms with van der Waals surface area (Å²) in [6.45, 7) is 12.5. The Kier molecular flexibility index (Phi) is 3.93. The molecule has 1 aliphatic heterocycles. The lowest BCUT2D eigenvalue weighted by atomic mass is 9.85. The first kappa shape index (κ1) is 12.7. The van der Waals surface area contributed by atoms with E-state index in [-0.39, 0.29) is 5.41 Å². The van der Waals surface area contributed by atoms with Crippen LogP contribution in [-0.2, 0) is 4.79 Å². The molecule has 0 aliphatic carbocycles. The lowest BCUT2D eigenvalue weighted by Crippen LogP contribution is -2.46. The van der Waals surface area contributed by atoms with Crippen molar-refractivity contribution in [3.63, 3.8) is 0 Å². The first-order valence-corrected chi connectivity index (χ1v) is 6.08. The SMILES string of the molecule is CC(=O)C(C)(C)CN1CCC(C)CC1C. The van der Waals surface area contributed by atoms with Gasteiger partial charge in [0.1, 0.15) is 5.78 Å². The Labute approximate surface area is 94.0 Å². The van der Waals surface area contributed by atoms with Crippen molar-refractivity contribution >= 4 is 5.78 Å². The normalized spacial score (nSPS) is 29.1. The maximum atomic E-state index is 11.5. The molecule has 2 nitrogen and oxygen atoms in total. The van der Waals surface area contributed by atoms with Crippen LogP contribution in [0.25, 0.3) is 0 Å².